The molecule has 0 unspecified atom stereocenters. The number of methoxy groups -OCH3 is 1. The van der Waals surface area contributed by atoms with Crippen molar-refractivity contribution in [2.75, 3.05) is 12.8 Å². The zero-order chi connectivity index (χ0) is 13.3. The quantitative estimate of drug-likeness (QED) is 0.658. The van der Waals surface area contributed by atoms with Crippen LogP contribution in [0.1, 0.15) is 0 Å². The van der Waals surface area contributed by atoms with E-state index >= 15 is 0 Å². The van der Waals surface area contributed by atoms with Crippen LogP contribution in [0.4, 0.5) is 18.9 Å². The van der Waals surface area contributed by atoms with Gasteiger partial charge in [-0.2, -0.15) is 0 Å². The van der Waals surface area contributed by atoms with Crippen LogP contribution in [0.2, 0.25) is 0 Å². The van der Waals surface area contributed by atoms with Gasteiger partial charge >= 0.3 is 0 Å². The van der Waals surface area contributed by atoms with Gasteiger partial charge in [-0.1, -0.05) is 0 Å². The van der Waals surface area contributed by atoms with Crippen LogP contribution in [0.25, 0.3) is 11.1 Å². The Bertz CT molecular complexity index is 576. The predicted octanol–water partition coefficient (Wildman–Crippen LogP) is 3.36. The molecule has 94 valence electrons. The maximum Gasteiger partial charge on any atom is 0.194 e. The average Bonchev–Trinajstić information content (AvgIpc) is 2.35. The molecule has 2 aromatic rings. The standard InChI is InChI=1S/C13H10F3NO/c1-18-8-2-3-9(12(17)6-8)7-4-10(14)13(16)11(15)5-7/h2-6H,17H2,1H3. The molecule has 0 fully saturated rings. The third kappa shape index (κ3) is 2.11. The maximum absolute atomic E-state index is 13.1. The number of benzene rings is 2. The molecule has 2 rings (SSSR count). The van der Waals surface area contributed by atoms with Crippen molar-refractivity contribution in [3.8, 4) is 16.9 Å². The van der Waals surface area contributed by atoms with Gasteiger partial charge in [0, 0.05) is 17.3 Å². The lowest BCUT2D eigenvalue weighted by molar-refractivity contribution is 0.415. The van der Waals surface area contributed by atoms with E-state index in [0.29, 0.717) is 17.0 Å². The van der Waals surface area contributed by atoms with Crippen molar-refractivity contribution in [1.29, 1.82) is 0 Å². The molecule has 0 atom stereocenters. The van der Waals surface area contributed by atoms with Crippen molar-refractivity contribution in [2.24, 2.45) is 0 Å². The number of hydrogen-bond donors (Lipinski definition) is 1. The fourth-order valence-electron chi connectivity index (χ4n) is 1.64. The lowest BCUT2D eigenvalue weighted by Crippen LogP contribution is -1.95. The fraction of sp³-hybridized carbons (Fsp3) is 0.0769. The molecule has 0 spiro atoms. The van der Waals surface area contributed by atoms with Gasteiger partial charge in [-0.05, 0) is 29.8 Å². The molecule has 0 aromatic heterocycles. The molecule has 0 heterocycles. The van der Waals surface area contributed by atoms with Gasteiger partial charge in [-0.25, -0.2) is 13.2 Å². The van der Waals surface area contributed by atoms with Crippen molar-refractivity contribution in [2.45, 2.75) is 0 Å². The summed E-state index contributed by atoms with van der Waals surface area (Å²) in [5.74, 6) is -3.47. The molecule has 18 heavy (non-hydrogen) atoms. The Hall–Kier alpha value is -2.17. The first-order valence-corrected chi connectivity index (χ1v) is 5.11. The molecule has 2 N–H and O–H groups in total. The van der Waals surface area contributed by atoms with Crippen molar-refractivity contribution < 1.29 is 17.9 Å². The molecule has 0 saturated carbocycles. The van der Waals surface area contributed by atoms with Gasteiger partial charge in [0.2, 0.25) is 0 Å². The van der Waals surface area contributed by atoms with Crippen LogP contribution < -0.4 is 10.5 Å². The first kappa shape index (κ1) is 12.3. The third-order valence-corrected chi connectivity index (χ3v) is 2.55. The monoisotopic (exact) mass is 253 g/mol. The Morgan fingerprint density at radius 3 is 2.11 bits per heavy atom. The molecular weight excluding hydrogens is 243 g/mol. The zero-order valence-corrected chi connectivity index (χ0v) is 9.51. The molecule has 5 heteroatoms. The Morgan fingerprint density at radius 1 is 1.00 bits per heavy atom. The van der Waals surface area contributed by atoms with Gasteiger partial charge in [0.15, 0.2) is 17.5 Å². The molecule has 0 radical (unpaired) electrons. The fourth-order valence-corrected chi connectivity index (χ4v) is 1.64. The number of nitrogen functional groups attached to an aromatic ring is 1. The number of rotatable bonds is 2. The Balaban J connectivity index is 2.55. The molecule has 0 aliphatic heterocycles. The van der Waals surface area contributed by atoms with Gasteiger partial charge < -0.3 is 10.5 Å². The number of halogens is 3. The van der Waals surface area contributed by atoms with Crippen LogP contribution in [0, 0.1) is 17.5 Å². The first-order valence-electron chi connectivity index (χ1n) is 5.11. The second-order valence-electron chi connectivity index (χ2n) is 3.71. The highest BCUT2D eigenvalue weighted by Crippen LogP contribution is 2.31. The number of anilines is 1. The molecule has 2 nitrogen and oxygen atoms in total. The second kappa shape index (κ2) is 4.60. The summed E-state index contributed by atoms with van der Waals surface area (Å²) in [6, 6.07) is 6.48. The summed E-state index contributed by atoms with van der Waals surface area (Å²) in [4.78, 5) is 0. The molecule has 0 aliphatic rings. The van der Waals surface area contributed by atoms with Crippen molar-refractivity contribution >= 4 is 5.69 Å². The molecule has 0 aliphatic carbocycles. The van der Waals surface area contributed by atoms with Gasteiger partial charge in [-0.15, -0.1) is 0 Å². The lowest BCUT2D eigenvalue weighted by Gasteiger charge is -2.09. The lowest BCUT2D eigenvalue weighted by atomic mass is 10.0. The minimum absolute atomic E-state index is 0.173. The van der Waals surface area contributed by atoms with Crippen molar-refractivity contribution in [3.05, 3.63) is 47.8 Å². The molecule has 2 aromatic carbocycles. The summed E-state index contributed by atoms with van der Waals surface area (Å²) in [7, 11) is 1.48. The molecular formula is C13H10F3NO. The Morgan fingerprint density at radius 2 is 1.61 bits per heavy atom. The first-order chi connectivity index (χ1) is 8.52. The van der Waals surface area contributed by atoms with Crippen LogP contribution >= 0.6 is 0 Å². The van der Waals surface area contributed by atoms with Crippen LogP contribution in [0.15, 0.2) is 30.3 Å². The summed E-state index contributed by atoms with van der Waals surface area (Å²) in [5.41, 5.74) is 6.62. The highest BCUT2D eigenvalue weighted by atomic mass is 19.2. The third-order valence-electron chi connectivity index (χ3n) is 2.55. The van der Waals surface area contributed by atoms with E-state index in [4.69, 9.17) is 10.5 Å². The van der Waals surface area contributed by atoms with Gasteiger partial charge in [0.05, 0.1) is 7.11 Å². The van der Waals surface area contributed by atoms with E-state index in [1.165, 1.54) is 13.2 Å². The summed E-state index contributed by atoms with van der Waals surface area (Å²) in [6.45, 7) is 0. The highest BCUT2D eigenvalue weighted by molar-refractivity contribution is 5.77. The van der Waals surface area contributed by atoms with Gasteiger partial charge in [0.1, 0.15) is 5.75 Å². The Labute approximate surface area is 102 Å². The molecule has 0 amide bonds. The molecule has 0 bridgehead atoms. The maximum atomic E-state index is 13.1. The largest absolute Gasteiger partial charge is 0.497 e. The summed E-state index contributed by atoms with van der Waals surface area (Å²) < 4.78 is 44.1. The Kier molecular flexibility index (Phi) is 3.14. The summed E-state index contributed by atoms with van der Waals surface area (Å²) in [6.07, 6.45) is 0. The minimum atomic E-state index is -1.49. The van der Waals surface area contributed by atoms with E-state index in [1.54, 1.807) is 12.1 Å². The van der Waals surface area contributed by atoms with E-state index in [9.17, 15) is 13.2 Å². The van der Waals surface area contributed by atoms with Crippen LogP contribution in [0.5, 0.6) is 5.75 Å². The van der Waals surface area contributed by atoms with Crippen molar-refractivity contribution in [3.63, 3.8) is 0 Å². The zero-order valence-electron chi connectivity index (χ0n) is 9.51. The number of nitrogens with two attached hydrogens (primary N) is 1. The normalized spacial score (nSPS) is 10.4. The number of hydrogen-bond acceptors (Lipinski definition) is 2. The van der Waals surface area contributed by atoms with E-state index in [0.717, 1.165) is 12.1 Å². The van der Waals surface area contributed by atoms with E-state index < -0.39 is 17.5 Å². The highest BCUT2D eigenvalue weighted by Gasteiger charge is 2.13. The van der Waals surface area contributed by atoms with Crippen molar-refractivity contribution in [1.82, 2.24) is 0 Å². The molecule has 0 saturated heterocycles. The van der Waals surface area contributed by atoms with E-state index in [-0.39, 0.29) is 5.56 Å². The van der Waals surface area contributed by atoms with Crippen LogP contribution in [0.3, 0.4) is 0 Å². The van der Waals surface area contributed by atoms with Gasteiger partial charge in [0.25, 0.3) is 0 Å². The minimum Gasteiger partial charge on any atom is -0.497 e. The van der Waals surface area contributed by atoms with Gasteiger partial charge in [-0.3, -0.25) is 0 Å². The van der Waals surface area contributed by atoms with E-state index in [2.05, 4.69) is 0 Å². The SMILES string of the molecule is COc1ccc(-c2cc(F)c(F)c(F)c2)c(N)c1. The number of ether oxygens (including phenoxy) is 1. The summed E-state index contributed by atoms with van der Waals surface area (Å²) in [5, 5.41) is 0. The van der Waals surface area contributed by atoms with Crippen LogP contribution in [-0.4, -0.2) is 7.11 Å². The topological polar surface area (TPSA) is 35.2 Å². The summed E-state index contributed by atoms with van der Waals surface area (Å²) >= 11 is 0. The predicted molar refractivity (Wildman–Crippen MR) is 62.7 cm³/mol. The average molecular weight is 253 g/mol. The smallest absolute Gasteiger partial charge is 0.194 e. The second-order valence-corrected chi connectivity index (χ2v) is 3.71. The van der Waals surface area contributed by atoms with E-state index in [1.807, 2.05) is 0 Å². The van der Waals surface area contributed by atoms with Crippen LogP contribution in [-0.2, 0) is 0 Å².